The quantitative estimate of drug-likeness (QED) is 0.806. The summed E-state index contributed by atoms with van der Waals surface area (Å²) in [7, 11) is 1.64. The van der Waals surface area contributed by atoms with E-state index in [0.29, 0.717) is 6.42 Å². The van der Waals surface area contributed by atoms with Gasteiger partial charge in [-0.3, -0.25) is 4.79 Å². The highest BCUT2D eigenvalue weighted by Gasteiger charge is 2.29. The lowest BCUT2D eigenvalue weighted by molar-refractivity contribution is -0.130. The van der Waals surface area contributed by atoms with E-state index < -0.39 is 0 Å². The van der Waals surface area contributed by atoms with Crippen LogP contribution in [0.1, 0.15) is 24.8 Å². The van der Waals surface area contributed by atoms with Gasteiger partial charge in [-0.05, 0) is 42.9 Å². The zero-order chi connectivity index (χ0) is 14.7. The monoisotopic (exact) mass is 289 g/mol. The molecule has 3 rings (SSSR count). The third kappa shape index (κ3) is 3.97. The molecule has 114 valence electrons. The molecule has 1 unspecified atom stereocenters. The number of methoxy groups -OCH3 is 1. The van der Waals surface area contributed by atoms with E-state index >= 15 is 0 Å². The van der Waals surface area contributed by atoms with Crippen LogP contribution in [0.15, 0.2) is 24.3 Å². The van der Waals surface area contributed by atoms with Crippen molar-refractivity contribution in [1.29, 1.82) is 0 Å². The molecular formula is C17H23NO3. The topological polar surface area (TPSA) is 38.8 Å². The molecule has 0 radical (unpaired) electrons. The van der Waals surface area contributed by atoms with Crippen LogP contribution in [0.3, 0.4) is 0 Å². The Balaban J connectivity index is 1.48. The highest BCUT2D eigenvalue weighted by molar-refractivity contribution is 5.79. The molecule has 0 spiro atoms. The molecule has 1 heterocycles. The first-order chi connectivity index (χ1) is 10.2. The fourth-order valence-electron chi connectivity index (χ4n) is 2.72. The van der Waals surface area contributed by atoms with Crippen LogP contribution in [0.4, 0.5) is 0 Å². The Bertz CT molecular complexity index is 499. The van der Waals surface area contributed by atoms with E-state index in [1.807, 2.05) is 29.2 Å². The van der Waals surface area contributed by atoms with Crippen molar-refractivity contribution in [2.45, 2.75) is 31.8 Å². The lowest BCUT2D eigenvalue weighted by Gasteiger charge is -2.17. The highest BCUT2D eigenvalue weighted by atomic mass is 16.5. The summed E-state index contributed by atoms with van der Waals surface area (Å²) < 4.78 is 11.1. The van der Waals surface area contributed by atoms with E-state index in [4.69, 9.17) is 9.47 Å². The summed E-state index contributed by atoms with van der Waals surface area (Å²) in [5, 5.41) is 0. The van der Waals surface area contributed by atoms with Crippen molar-refractivity contribution < 1.29 is 14.3 Å². The maximum Gasteiger partial charge on any atom is 0.227 e. The van der Waals surface area contributed by atoms with Crippen LogP contribution < -0.4 is 4.74 Å². The number of carbonyl (C=O) groups excluding carboxylic acids is 1. The minimum Gasteiger partial charge on any atom is -0.497 e. The standard InChI is InChI=1S/C17H23NO3/c1-20-15-4-2-3-14(9-15)10-17(19)18-8-7-16(11-18)21-12-13-5-6-13/h2-4,9,13,16H,5-8,10-12H2,1H3. The fraction of sp³-hybridized carbons (Fsp3) is 0.588. The fourth-order valence-corrected chi connectivity index (χ4v) is 2.72. The molecule has 0 N–H and O–H groups in total. The van der Waals surface area contributed by atoms with Crippen molar-refractivity contribution >= 4 is 5.91 Å². The summed E-state index contributed by atoms with van der Waals surface area (Å²) in [5.41, 5.74) is 1.00. The third-order valence-electron chi connectivity index (χ3n) is 4.25. The molecule has 0 aromatic heterocycles. The minimum absolute atomic E-state index is 0.181. The summed E-state index contributed by atoms with van der Waals surface area (Å²) in [5.74, 6) is 1.76. The maximum atomic E-state index is 12.3. The number of likely N-dealkylation sites (tertiary alicyclic amines) is 1. The van der Waals surface area contributed by atoms with Gasteiger partial charge in [0.25, 0.3) is 0 Å². The van der Waals surface area contributed by atoms with Gasteiger partial charge in [0.1, 0.15) is 5.75 Å². The van der Waals surface area contributed by atoms with Crippen LogP contribution in [-0.4, -0.2) is 43.7 Å². The minimum atomic E-state index is 0.181. The Morgan fingerprint density at radius 3 is 2.95 bits per heavy atom. The first-order valence-electron chi connectivity index (χ1n) is 7.77. The average Bonchev–Trinajstić information content (AvgIpc) is 3.21. The van der Waals surface area contributed by atoms with Gasteiger partial charge in [0.2, 0.25) is 5.91 Å². The van der Waals surface area contributed by atoms with Crippen molar-refractivity contribution in [3.05, 3.63) is 29.8 Å². The second kappa shape index (κ2) is 6.48. The van der Waals surface area contributed by atoms with E-state index in [9.17, 15) is 4.79 Å². The number of hydrogen-bond acceptors (Lipinski definition) is 3. The molecule has 1 atom stereocenters. The molecule has 4 nitrogen and oxygen atoms in total. The van der Waals surface area contributed by atoms with Crippen molar-refractivity contribution in [3.8, 4) is 5.75 Å². The maximum absolute atomic E-state index is 12.3. The van der Waals surface area contributed by atoms with Crippen LogP contribution >= 0.6 is 0 Å². The molecule has 1 aromatic carbocycles. The molecule has 1 aliphatic carbocycles. The van der Waals surface area contributed by atoms with Gasteiger partial charge in [-0.25, -0.2) is 0 Å². The van der Waals surface area contributed by atoms with Crippen molar-refractivity contribution in [2.75, 3.05) is 26.8 Å². The lowest BCUT2D eigenvalue weighted by atomic mass is 10.1. The number of ether oxygens (including phenoxy) is 2. The van der Waals surface area contributed by atoms with E-state index in [1.165, 1.54) is 12.8 Å². The molecule has 1 aliphatic heterocycles. The van der Waals surface area contributed by atoms with E-state index in [-0.39, 0.29) is 12.0 Å². The van der Waals surface area contributed by atoms with E-state index in [0.717, 1.165) is 43.3 Å². The Hall–Kier alpha value is -1.55. The highest BCUT2D eigenvalue weighted by Crippen LogP contribution is 2.30. The predicted molar refractivity (Wildman–Crippen MR) is 80.4 cm³/mol. The SMILES string of the molecule is COc1cccc(CC(=O)N2CCC(OCC3CC3)C2)c1. The molecule has 2 fully saturated rings. The van der Waals surface area contributed by atoms with E-state index in [2.05, 4.69) is 0 Å². The van der Waals surface area contributed by atoms with Crippen LogP contribution in [0.5, 0.6) is 5.75 Å². The Kier molecular flexibility index (Phi) is 4.44. The summed E-state index contributed by atoms with van der Waals surface area (Å²) in [6.07, 6.45) is 4.26. The largest absolute Gasteiger partial charge is 0.497 e. The summed E-state index contributed by atoms with van der Waals surface area (Å²) >= 11 is 0. The van der Waals surface area contributed by atoms with Crippen LogP contribution in [0.25, 0.3) is 0 Å². The summed E-state index contributed by atoms with van der Waals surface area (Å²) in [6, 6.07) is 7.71. The van der Waals surface area contributed by atoms with Crippen LogP contribution in [0.2, 0.25) is 0 Å². The first-order valence-corrected chi connectivity index (χ1v) is 7.77. The van der Waals surface area contributed by atoms with Crippen LogP contribution in [-0.2, 0) is 16.0 Å². The zero-order valence-corrected chi connectivity index (χ0v) is 12.6. The number of benzene rings is 1. The normalized spacial score (nSPS) is 21.6. The Labute approximate surface area is 126 Å². The molecule has 0 bridgehead atoms. The summed E-state index contributed by atoms with van der Waals surface area (Å²) in [4.78, 5) is 14.3. The van der Waals surface area contributed by atoms with E-state index in [1.54, 1.807) is 7.11 Å². The van der Waals surface area contributed by atoms with Gasteiger partial charge in [-0.1, -0.05) is 12.1 Å². The Morgan fingerprint density at radius 1 is 1.33 bits per heavy atom. The second-order valence-corrected chi connectivity index (χ2v) is 6.06. The van der Waals surface area contributed by atoms with Gasteiger partial charge in [-0.15, -0.1) is 0 Å². The smallest absolute Gasteiger partial charge is 0.227 e. The molecule has 4 heteroatoms. The lowest BCUT2D eigenvalue weighted by Crippen LogP contribution is -2.31. The average molecular weight is 289 g/mol. The van der Waals surface area contributed by atoms with Crippen molar-refractivity contribution in [2.24, 2.45) is 5.92 Å². The second-order valence-electron chi connectivity index (χ2n) is 6.06. The van der Waals surface area contributed by atoms with Gasteiger partial charge < -0.3 is 14.4 Å². The first kappa shape index (κ1) is 14.4. The molecule has 21 heavy (non-hydrogen) atoms. The third-order valence-corrected chi connectivity index (χ3v) is 4.25. The molecule has 1 saturated carbocycles. The number of amides is 1. The number of hydrogen-bond donors (Lipinski definition) is 0. The molecule has 2 aliphatic rings. The number of rotatable bonds is 6. The van der Waals surface area contributed by atoms with Crippen LogP contribution in [0, 0.1) is 5.92 Å². The van der Waals surface area contributed by atoms with Gasteiger partial charge in [0, 0.05) is 19.7 Å². The predicted octanol–water partition coefficient (Wildman–Crippen LogP) is 2.27. The molecule has 1 saturated heterocycles. The van der Waals surface area contributed by atoms with Gasteiger partial charge in [-0.2, -0.15) is 0 Å². The number of carbonyl (C=O) groups is 1. The summed E-state index contributed by atoms with van der Waals surface area (Å²) in [6.45, 7) is 2.44. The zero-order valence-electron chi connectivity index (χ0n) is 12.6. The van der Waals surface area contributed by atoms with Crippen molar-refractivity contribution in [1.82, 2.24) is 4.90 Å². The molecule has 1 aromatic rings. The molecule has 1 amide bonds. The van der Waals surface area contributed by atoms with Crippen molar-refractivity contribution in [3.63, 3.8) is 0 Å². The van der Waals surface area contributed by atoms with Gasteiger partial charge in [0.05, 0.1) is 19.6 Å². The van der Waals surface area contributed by atoms with Gasteiger partial charge in [0.15, 0.2) is 0 Å². The molecular weight excluding hydrogens is 266 g/mol. The Morgan fingerprint density at radius 2 is 2.19 bits per heavy atom. The van der Waals surface area contributed by atoms with Gasteiger partial charge >= 0.3 is 0 Å². The number of nitrogens with zero attached hydrogens (tertiary/aromatic N) is 1.